The van der Waals surface area contributed by atoms with E-state index in [9.17, 15) is 0 Å². The largest absolute Gasteiger partial charge is 0.383 e. The molecule has 1 N–H and O–H groups in total. The smallest absolute Gasteiger partial charge is 0.0589 e. The van der Waals surface area contributed by atoms with Crippen LogP contribution >= 0.6 is 0 Å². The number of benzene rings is 1. The van der Waals surface area contributed by atoms with E-state index in [1.807, 2.05) is 0 Å². The SMILES string of the molecule is CCc1ccc(CNCCCN(C)CCOC)cc1. The highest BCUT2D eigenvalue weighted by molar-refractivity contribution is 5.22. The minimum Gasteiger partial charge on any atom is -0.383 e. The lowest BCUT2D eigenvalue weighted by atomic mass is 10.1. The van der Waals surface area contributed by atoms with Gasteiger partial charge >= 0.3 is 0 Å². The first-order valence-corrected chi connectivity index (χ1v) is 7.22. The number of hydrogen-bond acceptors (Lipinski definition) is 3. The van der Waals surface area contributed by atoms with Crippen molar-refractivity contribution in [2.75, 3.05) is 40.4 Å². The Morgan fingerprint density at radius 3 is 2.42 bits per heavy atom. The molecule has 1 aromatic rings. The standard InChI is InChI=1S/C16H28N2O/c1-4-15-6-8-16(9-7-15)14-17-10-5-11-18(2)12-13-19-3/h6-9,17H,4-5,10-14H2,1-3H3. The summed E-state index contributed by atoms with van der Waals surface area (Å²) in [7, 11) is 3.89. The molecule has 3 heteroatoms. The first-order chi connectivity index (χ1) is 9.26. The van der Waals surface area contributed by atoms with Crippen molar-refractivity contribution in [2.45, 2.75) is 26.3 Å². The van der Waals surface area contributed by atoms with Gasteiger partial charge in [-0.25, -0.2) is 0 Å². The Kier molecular flexibility index (Phi) is 8.47. The van der Waals surface area contributed by atoms with Gasteiger partial charge in [0.15, 0.2) is 0 Å². The van der Waals surface area contributed by atoms with E-state index in [0.717, 1.165) is 39.2 Å². The van der Waals surface area contributed by atoms with Crippen LogP contribution in [0, 0.1) is 0 Å². The zero-order chi connectivity index (χ0) is 13.9. The van der Waals surface area contributed by atoms with Crippen molar-refractivity contribution >= 4 is 0 Å². The number of aryl methyl sites for hydroxylation is 1. The lowest BCUT2D eigenvalue weighted by Gasteiger charge is -2.15. The molecule has 0 saturated heterocycles. The summed E-state index contributed by atoms with van der Waals surface area (Å²) in [5, 5.41) is 3.49. The first-order valence-electron chi connectivity index (χ1n) is 7.22. The van der Waals surface area contributed by atoms with Gasteiger partial charge in [0.1, 0.15) is 0 Å². The average Bonchev–Trinajstić information content (AvgIpc) is 2.45. The Bertz CT molecular complexity index is 324. The number of nitrogens with zero attached hydrogens (tertiary/aromatic N) is 1. The highest BCUT2D eigenvalue weighted by Crippen LogP contribution is 2.04. The first kappa shape index (κ1) is 16.2. The van der Waals surface area contributed by atoms with Crippen molar-refractivity contribution < 1.29 is 4.74 Å². The summed E-state index contributed by atoms with van der Waals surface area (Å²) >= 11 is 0. The van der Waals surface area contributed by atoms with E-state index < -0.39 is 0 Å². The number of likely N-dealkylation sites (N-methyl/N-ethyl adjacent to an activating group) is 1. The molecule has 0 saturated carbocycles. The molecule has 0 radical (unpaired) electrons. The molecule has 1 aromatic carbocycles. The van der Waals surface area contributed by atoms with Crippen LogP contribution in [-0.4, -0.2) is 45.3 Å². The van der Waals surface area contributed by atoms with Crippen LogP contribution in [0.15, 0.2) is 24.3 Å². The minimum atomic E-state index is 0.813. The number of hydrogen-bond donors (Lipinski definition) is 1. The third kappa shape index (κ3) is 7.31. The summed E-state index contributed by atoms with van der Waals surface area (Å²) < 4.78 is 5.06. The molecule has 0 fully saturated rings. The van der Waals surface area contributed by atoms with Gasteiger partial charge in [-0.2, -0.15) is 0 Å². The van der Waals surface area contributed by atoms with Crippen LogP contribution in [0.3, 0.4) is 0 Å². The zero-order valence-electron chi connectivity index (χ0n) is 12.6. The molecule has 0 unspecified atom stereocenters. The van der Waals surface area contributed by atoms with Gasteiger partial charge in [-0.05, 0) is 44.1 Å². The number of nitrogens with one attached hydrogen (secondary N) is 1. The quantitative estimate of drug-likeness (QED) is 0.656. The highest BCUT2D eigenvalue weighted by atomic mass is 16.5. The third-order valence-corrected chi connectivity index (χ3v) is 3.33. The van der Waals surface area contributed by atoms with E-state index in [-0.39, 0.29) is 0 Å². The maximum absolute atomic E-state index is 5.06. The van der Waals surface area contributed by atoms with E-state index in [4.69, 9.17) is 4.74 Å². The molecule has 0 aliphatic carbocycles. The van der Waals surface area contributed by atoms with Crippen molar-refractivity contribution in [3.05, 3.63) is 35.4 Å². The normalized spacial score (nSPS) is 11.2. The molecule has 108 valence electrons. The second-order valence-corrected chi connectivity index (χ2v) is 5.00. The number of methoxy groups -OCH3 is 1. The number of ether oxygens (including phenoxy) is 1. The Morgan fingerprint density at radius 2 is 1.79 bits per heavy atom. The molecule has 0 aromatic heterocycles. The fraction of sp³-hybridized carbons (Fsp3) is 0.625. The van der Waals surface area contributed by atoms with Crippen LogP contribution in [0.4, 0.5) is 0 Å². The molecule has 0 heterocycles. The van der Waals surface area contributed by atoms with Crippen LogP contribution in [0.1, 0.15) is 24.5 Å². The van der Waals surface area contributed by atoms with Crippen molar-refractivity contribution in [2.24, 2.45) is 0 Å². The fourth-order valence-corrected chi connectivity index (χ4v) is 1.96. The summed E-state index contributed by atoms with van der Waals surface area (Å²) in [5.74, 6) is 0. The zero-order valence-corrected chi connectivity index (χ0v) is 12.6. The van der Waals surface area contributed by atoms with E-state index in [0.29, 0.717) is 0 Å². The second-order valence-electron chi connectivity index (χ2n) is 5.00. The number of rotatable bonds is 10. The van der Waals surface area contributed by atoms with E-state index in [1.165, 1.54) is 17.5 Å². The summed E-state index contributed by atoms with van der Waals surface area (Å²) in [6.45, 7) is 7.15. The van der Waals surface area contributed by atoms with Crippen LogP contribution in [0.2, 0.25) is 0 Å². The molecule has 19 heavy (non-hydrogen) atoms. The molecule has 0 aliphatic rings. The Morgan fingerprint density at radius 1 is 1.11 bits per heavy atom. The molecule has 0 aliphatic heterocycles. The van der Waals surface area contributed by atoms with Gasteiger partial charge in [0, 0.05) is 20.2 Å². The van der Waals surface area contributed by atoms with Gasteiger partial charge in [-0.3, -0.25) is 0 Å². The van der Waals surface area contributed by atoms with E-state index in [1.54, 1.807) is 7.11 Å². The van der Waals surface area contributed by atoms with Crippen LogP contribution in [-0.2, 0) is 17.7 Å². The summed E-state index contributed by atoms with van der Waals surface area (Å²) in [4.78, 5) is 2.31. The molecular formula is C16H28N2O. The van der Waals surface area contributed by atoms with E-state index >= 15 is 0 Å². The van der Waals surface area contributed by atoms with Crippen LogP contribution in [0.25, 0.3) is 0 Å². The Balaban J connectivity index is 2.06. The summed E-state index contributed by atoms with van der Waals surface area (Å²) in [5.41, 5.74) is 2.77. The van der Waals surface area contributed by atoms with Gasteiger partial charge in [0.25, 0.3) is 0 Å². The topological polar surface area (TPSA) is 24.5 Å². The molecule has 0 amide bonds. The summed E-state index contributed by atoms with van der Waals surface area (Å²) in [6, 6.07) is 8.87. The van der Waals surface area contributed by atoms with Gasteiger partial charge in [-0.1, -0.05) is 31.2 Å². The fourth-order valence-electron chi connectivity index (χ4n) is 1.96. The van der Waals surface area contributed by atoms with E-state index in [2.05, 4.69) is 48.5 Å². The van der Waals surface area contributed by atoms with Crippen molar-refractivity contribution in [1.29, 1.82) is 0 Å². The lowest BCUT2D eigenvalue weighted by Crippen LogP contribution is -2.26. The lowest BCUT2D eigenvalue weighted by molar-refractivity contribution is 0.160. The molecule has 0 atom stereocenters. The second kappa shape index (κ2) is 9.96. The molecule has 0 bridgehead atoms. The van der Waals surface area contributed by atoms with Crippen LogP contribution < -0.4 is 5.32 Å². The van der Waals surface area contributed by atoms with Crippen molar-refractivity contribution in [3.63, 3.8) is 0 Å². The summed E-state index contributed by atoms with van der Waals surface area (Å²) in [6.07, 6.45) is 2.29. The highest BCUT2D eigenvalue weighted by Gasteiger charge is 1.97. The van der Waals surface area contributed by atoms with Gasteiger partial charge in [0.2, 0.25) is 0 Å². The van der Waals surface area contributed by atoms with Crippen molar-refractivity contribution in [1.82, 2.24) is 10.2 Å². The maximum Gasteiger partial charge on any atom is 0.0589 e. The molecule has 1 rings (SSSR count). The molecular weight excluding hydrogens is 236 g/mol. The Labute approximate surface area is 118 Å². The third-order valence-electron chi connectivity index (χ3n) is 3.33. The van der Waals surface area contributed by atoms with Gasteiger partial charge < -0.3 is 15.0 Å². The van der Waals surface area contributed by atoms with Crippen molar-refractivity contribution in [3.8, 4) is 0 Å². The Hall–Kier alpha value is -0.900. The maximum atomic E-state index is 5.06. The predicted octanol–water partition coefficient (Wildman–Crippen LogP) is 2.31. The minimum absolute atomic E-state index is 0.813. The molecule has 0 spiro atoms. The molecule has 3 nitrogen and oxygen atoms in total. The van der Waals surface area contributed by atoms with Gasteiger partial charge in [-0.15, -0.1) is 0 Å². The van der Waals surface area contributed by atoms with Crippen LogP contribution in [0.5, 0.6) is 0 Å². The predicted molar refractivity (Wildman–Crippen MR) is 81.5 cm³/mol. The monoisotopic (exact) mass is 264 g/mol. The average molecular weight is 264 g/mol. The van der Waals surface area contributed by atoms with Gasteiger partial charge in [0.05, 0.1) is 6.61 Å².